The molecule has 0 N–H and O–H groups in total. The molecule has 3 rings (SSSR count). The highest BCUT2D eigenvalue weighted by molar-refractivity contribution is 6.07. The highest BCUT2D eigenvalue weighted by atomic mass is 16.4. The van der Waals surface area contributed by atoms with Gasteiger partial charge in [-0.1, -0.05) is 152 Å². The molecule has 0 radical (unpaired) electrons. The molecule has 0 aliphatic rings. The van der Waals surface area contributed by atoms with Crippen LogP contribution < -0.4 is 10.2 Å². The zero-order chi connectivity index (χ0) is 30.2. The first-order valence-electron chi connectivity index (χ1n) is 16.2. The molecule has 0 aromatic heterocycles. The lowest BCUT2D eigenvalue weighted by Gasteiger charge is -2.21. The van der Waals surface area contributed by atoms with E-state index in [-0.39, 0.29) is 11.1 Å². The van der Waals surface area contributed by atoms with E-state index in [1.807, 2.05) is 48.5 Å². The predicted octanol–water partition coefficient (Wildman–Crippen LogP) is 8.33. The minimum Gasteiger partial charge on any atom is -0.545 e. The summed E-state index contributed by atoms with van der Waals surface area (Å²) in [7, 11) is 0. The number of aryl methyl sites for hydroxylation is 2. The van der Waals surface area contributed by atoms with Crippen LogP contribution in [0, 0.1) is 0 Å². The van der Waals surface area contributed by atoms with Crippen LogP contribution in [0.3, 0.4) is 0 Å². The van der Waals surface area contributed by atoms with E-state index in [4.69, 9.17) is 0 Å². The van der Waals surface area contributed by atoms with Crippen molar-refractivity contribution in [1.29, 1.82) is 0 Å². The average Bonchev–Trinajstić information content (AvgIpc) is 3.00. The Morgan fingerprint density at radius 1 is 0.452 bits per heavy atom. The van der Waals surface area contributed by atoms with Gasteiger partial charge in [-0.3, -0.25) is 0 Å². The van der Waals surface area contributed by atoms with Crippen LogP contribution in [0.1, 0.15) is 136 Å². The van der Waals surface area contributed by atoms with Gasteiger partial charge in [-0.25, -0.2) is 0 Å². The van der Waals surface area contributed by atoms with Crippen molar-refractivity contribution < 1.29 is 19.8 Å². The smallest absolute Gasteiger partial charge is 0.0721 e. The highest BCUT2D eigenvalue weighted by Crippen LogP contribution is 2.38. The van der Waals surface area contributed by atoms with Crippen molar-refractivity contribution >= 4 is 11.9 Å². The maximum atomic E-state index is 12.2. The molecule has 4 nitrogen and oxygen atoms in total. The van der Waals surface area contributed by atoms with Gasteiger partial charge in [-0.05, 0) is 59.1 Å². The van der Waals surface area contributed by atoms with Crippen molar-refractivity contribution in [3.8, 4) is 22.3 Å². The molecule has 3 aromatic carbocycles. The largest absolute Gasteiger partial charge is 0.545 e. The minimum atomic E-state index is -1.33. The van der Waals surface area contributed by atoms with Gasteiger partial charge in [-0.15, -0.1) is 0 Å². The summed E-state index contributed by atoms with van der Waals surface area (Å²) in [6.07, 6.45) is 19.4. The number of hydrogen-bond donors (Lipinski definition) is 0. The third kappa shape index (κ3) is 10.2. The van der Waals surface area contributed by atoms with Crippen LogP contribution in [0.2, 0.25) is 0 Å². The fourth-order valence-corrected chi connectivity index (χ4v) is 5.79. The number of unbranched alkanes of at least 4 members (excludes halogenated alkanes) is 12. The summed E-state index contributed by atoms with van der Waals surface area (Å²) in [6.45, 7) is 4.46. The molecule has 0 bridgehead atoms. The van der Waals surface area contributed by atoms with E-state index < -0.39 is 11.9 Å². The van der Waals surface area contributed by atoms with Gasteiger partial charge in [0.25, 0.3) is 0 Å². The maximum Gasteiger partial charge on any atom is 0.0721 e. The van der Waals surface area contributed by atoms with Gasteiger partial charge in [0.15, 0.2) is 0 Å². The van der Waals surface area contributed by atoms with Gasteiger partial charge in [0, 0.05) is 11.1 Å². The summed E-state index contributed by atoms with van der Waals surface area (Å²) in [6, 6.07) is 18.3. The Hall–Kier alpha value is -3.40. The van der Waals surface area contributed by atoms with Crippen LogP contribution in [-0.2, 0) is 12.8 Å². The van der Waals surface area contributed by atoms with Crippen LogP contribution in [0.25, 0.3) is 22.3 Å². The molecular weight excluding hydrogens is 520 g/mol. The summed E-state index contributed by atoms with van der Waals surface area (Å²) < 4.78 is 0. The Bertz CT molecular complexity index is 1140. The number of hydrogen-bond acceptors (Lipinski definition) is 4. The van der Waals surface area contributed by atoms with E-state index in [1.165, 1.54) is 100 Å². The molecule has 42 heavy (non-hydrogen) atoms. The normalized spacial score (nSPS) is 11.1. The topological polar surface area (TPSA) is 80.3 Å². The van der Waals surface area contributed by atoms with Gasteiger partial charge in [0.1, 0.15) is 0 Å². The number of benzene rings is 3. The highest BCUT2D eigenvalue weighted by Gasteiger charge is 2.18. The fourth-order valence-electron chi connectivity index (χ4n) is 5.79. The van der Waals surface area contributed by atoms with Gasteiger partial charge in [0.2, 0.25) is 0 Å². The second-order valence-corrected chi connectivity index (χ2v) is 11.6. The van der Waals surface area contributed by atoms with E-state index in [2.05, 4.69) is 13.8 Å². The molecule has 4 heteroatoms. The molecule has 0 heterocycles. The summed E-state index contributed by atoms with van der Waals surface area (Å²) in [5.74, 6) is -2.67. The predicted molar refractivity (Wildman–Crippen MR) is 169 cm³/mol. The van der Waals surface area contributed by atoms with Crippen molar-refractivity contribution in [3.63, 3.8) is 0 Å². The van der Waals surface area contributed by atoms with Crippen molar-refractivity contribution in [3.05, 3.63) is 82.9 Å². The third-order valence-electron chi connectivity index (χ3n) is 8.27. The van der Waals surface area contributed by atoms with Crippen molar-refractivity contribution in [1.82, 2.24) is 0 Å². The van der Waals surface area contributed by atoms with Crippen molar-refractivity contribution in [2.45, 2.75) is 117 Å². The molecule has 0 aliphatic carbocycles. The molecule has 0 saturated carbocycles. The Morgan fingerprint density at radius 2 is 0.762 bits per heavy atom. The van der Waals surface area contributed by atoms with Crippen LogP contribution in [0.4, 0.5) is 0 Å². The maximum absolute atomic E-state index is 12.2. The Morgan fingerprint density at radius 3 is 1.07 bits per heavy atom. The Labute approximate surface area is 253 Å². The van der Waals surface area contributed by atoms with E-state index in [0.29, 0.717) is 22.3 Å². The first-order valence-corrected chi connectivity index (χ1v) is 16.2. The number of carboxylic acid groups (broad SMARTS) is 2. The quantitative estimate of drug-likeness (QED) is 0.128. The van der Waals surface area contributed by atoms with E-state index in [9.17, 15) is 19.8 Å². The lowest BCUT2D eigenvalue weighted by atomic mass is 9.86. The van der Waals surface area contributed by atoms with Crippen LogP contribution in [0.15, 0.2) is 60.7 Å². The Balaban J connectivity index is 1.80. The lowest BCUT2D eigenvalue weighted by Crippen LogP contribution is -2.26. The van der Waals surface area contributed by atoms with Crippen LogP contribution in [-0.4, -0.2) is 11.9 Å². The molecule has 0 unspecified atom stereocenters. The molecular formula is C38H48O4-2. The Kier molecular flexibility index (Phi) is 14.3. The van der Waals surface area contributed by atoms with Crippen LogP contribution >= 0.6 is 0 Å². The average molecular weight is 569 g/mol. The summed E-state index contributed by atoms with van der Waals surface area (Å²) >= 11 is 0. The summed E-state index contributed by atoms with van der Waals surface area (Å²) in [5.41, 5.74) is 4.36. The van der Waals surface area contributed by atoms with Crippen molar-refractivity contribution in [2.75, 3.05) is 0 Å². The van der Waals surface area contributed by atoms with Gasteiger partial charge in [-0.2, -0.15) is 0 Å². The lowest BCUT2D eigenvalue weighted by molar-refractivity contribution is -0.256. The summed E-state index contributed by atoms with van der Waals surface area (Å²) in [5, 5.41) is 24.4. The molecule has 0 saturated heterocycles. The monoisotopic (exact) mass is 568 g/mol. The molecule has 0 atom stereocenters. The molecule has 0 fully saturated rings. The van der Waals surface area contributed by atoms with Crippen LogP contribution in [0.5, 0.6) is 0 Å². The summed E-state index contributed by atoms with van der Waals surface area (Å²) in [4.78, 5) is 24.4. The van der Waals surface area contributed by atoms with E-state index >= 15 is 0 Å². The number of carbonyl (C=O) groups excluding carboxylic acids is 2. The SMILES string of the molecule is CCCCCCCCCc1ccc(-c2c(C(=O)[O-])ccc(C(=O)[O-])c2-c2ccc(CCCCCCCCC)cc2)cc1. The molecule has 0 spiro atoms. The second-order valence-electron chi connectivity index (χ2n) is 11.6. The molecule has 0 aliphatic heterocycles. The number of carbonyl (C=O) groups is 2. The molecule has 226 valence electrons. The third-order valence-corrected chi connectivity index (χ3v) is 8.27. The number of aromatic carboxylic acids is 2. The zero-order valence-corrected chi connectivity index (χ0v) is 25.7. The first-order chi connectivity index (χ1) is 20.5. The standard InChI is InChI=1S/C38H50O4/c1-3-5-7-9-11-13-15-17-29-19-23-31(24-20-29)35-33(37(39)40)27-28-34(38(41)42)36(35)32-25-21-30(22-26-32)18-16-14-12-10-8-6-4-2/h19-28H,3-18H2,1-2H3,(H,39,40)(H,41,42)/p-2. The first kappa shape index (κ1) is 33.1. The van der Waals surface area contributed by atoms with Gasteiger partial charge < -0.3 is 19.8 Å². The fraction of sp³-hybridized carbons (Fsp3) is 0.474. The van der Waals surface area contributed by atoms with E-state index in [0.717, 1.165) is 25.7 Å². The van der Waals surface area contributed by atoms with Gasteiger partial charge in [0.05, 0.1) is 11.9 Å². The van der Waals surface area contributed by atoms with Gasteiger partial charge >= 0.3 is 0 Å². The second kappa shape index (κ2) is 18.2. The van der Waals surface area contributed by atoms with Crippen molar-refractivity contribution in [2.24, 2.45) is 0 Å². The number of rotatable bonds is 20. The van der Waals surface area contributed by atoms with E-state index in [1.54, 1.807) is 0 Å². The molecule has 0 amide bonds. The zero-order valence-electron chi connectivity index (χ0n) is 25.7. The minimum absolute atomic E-state index is 0.0259. The molecule has 3 aromatic rings. The number of carboxylic acids is 2.